The van der Waals surface area contributed by atoms with E-state index in [0.717, 1.165) is 15.9 Å². The summed E-state index contributed by atoms with van der Waals surface area (Å²) >= 11 is 0. The number of carboxylic acids is 1. The van der Waals surface area contributed by atoms with Crippen LogP contribution in [0.4, 0.5) is 15.8 Å². The molecular weight excluding hydrogens is 353 g/mol. The summed E-state index contributed by atoms with van der Waals surface area (Å²) in [6.45, 7) is -1.55. The number of aliphatic carboxylic acids is 1. The summed E-state index contributed by atoms with van der Waals surface area (Å²) in [7, 11) is 0. The van der Waals surface area contributed by atoms with E-state index < -0.39 is 41.5 Å². The molecule has 11 heteroatoms. The third kappa shape index (κ3) is 3.03. The lowest BCUT2D eigenvalue weighted by molar-refractivity contribution is -0.384. The van der Waals surface area contributed by atoms with E-state index in [4.69, 9.17) is 9.84 Å². The highest BCUT2D eigenvalue weighted by molar-refractivity contribution is 6.02. The highest BCUT2D eigenvalue weighted by Crippen LogP contribution is 2.35. The molecule has 0 aliphatic carbocycles. The normalized spacial score (nSPS) is 22.0. The number of fused-ring (bicyclic) bond motifs is 1. The molecule has 0 spiro atoms. The SMILES string of the molecule is O=C(CN1C(=O)COc2ccc([N+](=O)[O-])cc21)N1CCC(F)(C(=O)O)C1. The average Bonchev–Trinajstić information content (AvgIpc) is 3.01. The monoisotopic (exact) mass is 367 g/mol. The minimum absolute atomic E-state index is 0.0627. The van der Waals surface area contributed by atoms with Crippen molar-refractivity contribution in [1.82, 2.24) is 4.90 Å². The summed E-state index contributed by atoms with van der Waals surface area (Å²) in [6.07, 6.45) is -0.340. The Balaban J connectivity index is 1.81. The molecular formula is C15H14FN3O7. The topological polar surface area (TPSA) is 130 Å². The molecule has 138 valence electrons. The van der Waals surface area contributed by atoms with Crippen molar-refractivity contribution in [3.8, 4) is 5.75 Å². The standard InChI is InChI=1S/C15H14FN3O7/c16-15(14(22)23)3-4-17(8-15)12(20)6-18-10-5-9(19(24)25)1-2-11(10)26-7-13(18)21/h1-2,5H,3-4,6-8H2,(H,22,23). The van der Waals surface area contributed by atoms with Gasteiger partial charge in [-0.25, -0.2) is 9.18 Å². The minimum Gasteiger partial charge on any atom is -0.482 e. The minimum atomic E-state index is -2.51. The van der Waals surface area contributed by atoms with Crippen molar-refractivity contribution >= 4 is 29.2 Å². The fourth-order valence-electron chi connectivity index (χ4n) is 2.87. The summed E-state index contributed by atoms with van der Waals surface area (Å²) in [6, 6.07) is 3.64. The number of benzene rings is 1. The van der Waals surface area contributed by atoms with Gasteiger partial charge in [0.1, 0.15) is 12.3 Å². The zero-order valence-electron chi connectivity index (χ0n) is 13.4. The maximum Gasteiger partial charge on any atom is 0.343 e. The molecule has 1 aromatic rings. The molecule has 1 aromatic carbocycles. The summed E-state index contributed by atoms with van der Waals surface area (Å²) < 4.78 is 19.3. The van der Waals surface area contributed by atoms with Crippen molar-refractivity contribution in [2.45, 2.75) is 12.1 Å². The Morgan fingerprint density at radius 3 is 2.77 bits per heavy atom. The number of carbonyl (C=O) groups excluding carboxylic acids is 2. The van der Waals surface area contributed by atoms with Crippen LogP contribution < -0.4 is 9.64 Å². The van der Waals surface area contributed by atoms with E-state index >= 15 is 0 Å². The second-order valence-electron chi connectivity index (χ2n) is 6.01. The van der Waals surface area contributed by atoms with Gasteiger partial charge in [0.05, 0.1) is 17.2 Å². The number of hydrogen-bond acceptors (Lipinski definition) is 6. The molecule has 1 unspecified atom stereocenters. The van der Waals surface area contributed by atoms with Crippen LogP contribution in [-0.4, -0.2) is 64.6 Å². The van der Waals surface area contributed by atoms with Crippen molar-refractivity contribution in [3.05, 3.63) is 28.3 Å². The number of anilines is 1. The van der Waals surface area contributed by atoms with Gasteiger partial charge in [-0.1, -0.05) is 0 Å². The Morgan fingerprint density at radius 1 is 1.42 bits per heavy atom. The van der Waals surface area contributed by atoms with E-state index in [2.05, 4.69) is 0 Å². The number of rotatable bonds is 4. The van der Waals surface area contributed by atoms with Gasteiger partial charge in [0.15, 0.2) is 6.61 Å². The van der Waals surface area contributed by atoms with Gasteiger partial charge >= 0.3 is 5.97 Å². The van der Waals surface area contributed by atoms with Crippen molar-refractivity contribution in [2.75, 3.05) is 31.1 Å². The summed E-state index contributed by atoms with van der Waals surface area (Å²) in [5.74, 6) is -2.68. The molecule has 1 N–H and O–H groups in total. The zero-order valence-corrected chi connectivity index (χ0v) is 13.4. The van der Waals surface area contributed by atoms with Gasteiger partial charge < -0.3 is 14.7 Å². The first kappa shape index (κ1) is 17.6. The first-order valence-electron chi connectivity index (χ1n) is 7.63. The number of non-ortho nitro benzene ring substituents is 1. The lowest BCUT2D eigenvalue weighted by Gasteiger charge is -2.30. The number of nitro benzene ring substituents is 1. The van der Waals surface area contributed by atoms with Crippen LogP contribution in [0.2, 0.25) is 0 Å². The van der Waals surface area contributed by atoms with Gasteiger partial charge in [-0.3, -0.25) is 24.6 Å². The van der Waals surface area contributed by atoms with Gasteiger partial charge in [-0.05, 0) is 6.07 Å². The smallest absolute Gasteiger partial charge is 0.343 e. The second-order valence-corrected chi connectivity index (χ2v) is 6.01. The quantitative estimate of drug-likeness (QED) is 0.600. The number of nitrogens with zero attached hydrogens (tertiary/aromatic N) is 3. The molecule has 2 aliphatic rings. The van der Waals surface area contributed by atoms with Crippen LogP contribution in [0.25, 0.3) is 0 Å². The van der Waals surface area contributed by atoms with Crippen LogP contribution in [0.15, 0.2) is 18.2 Å². The number of amides is 2. The zero-order chi connectivity index (χ0) is 19.1. The molecule has 26 heavy (non-hydrogen) atoms. The molecule has 0 bridgehead atoms. The van der Waals surface area contributed by atoms with E-state index in [1.165, 1.54) is 12.1 Å². The number of carbonyl (C=O) groups is 3. The molecule has 10 nitrogen and oxygen atoms in total. The largest absolute Gasteiger partial charge is 0.482 e. The number of alkyl halides is 1. The van der Waals surface area contributed by atoms with Gasteiger partial charge in [0.2, 0.25) is 11.6 Å². The van der Waals surface area contributed by atoms with Gasteiger partial charge in [-0.2, -0.15) is 0 Å². The Hall–Kier alpha value is -3.24. The summed E-state index contributed by atoms with van der Waals surface area (Å²) in [4.78, 5) is 47.8. The van der Waals surface area contributed by atoms with E-state index in [1.54, 1.807) is 0 Å². The summed E-state index contributed by atoms with van der Waals surface area (Å²) in [5.41, 5.74) is -2.73. The molecule has 2 amide bonds. The van der Waals surface area contributed by atoms with Gasteiger partial charge in [0, 0.05) is 25.1 Å². The Bertz CT molecular complexity index is 814. The number of nitro groups is 1. The van der Waals surface area contributed by atoms with Crippen LogP contribution >= 0.6 is 0 Å². The van der Waals surface area contributed by atoms with Crippen molar-refractivity contribution in [3.63, 3.8) is 0 Å². The van der Waals surface area contributed by atoms with Crippen LogP contribution in [0.5, 0.6) is 5.75 Å². The first-order valence-corrected chi connectivity index (χ1v) is 7.63. The van der Waals surface area contributed by atoms with Crippen molar-refractivity contribution < 1.29 is 33.5 Å². The van der Waals surface area contributed by atoms with Crippen LogP contribution in [0, 0.1) is 10.1 Å². The van der Waals surface area contributed by atoms with Crippen LogP contribution in [0.1, 0.15) is 6.42 Å². The molecule has 0 saturated carbocycles. The number of carboxylic acid groups (broad SMARTS) is 1. The molecule has 0 radical (unpaired) electrons. The second kappa shape index (κ2) is 6.24. The third-order valence-corrected chi connectivity index (χ3v) is 4.35. The number of ether oxygens (including phenoxy) is 1. The Morgan fingerprint density at radius 2 is 2.15 bits per heavy atom. The highest BCUT2D eigenvalue weighted by atomic mass is 19.1. The maximum atomic E-state index is 14.1. The number of halogens is 1. The van der Waals surface area contributed by atoms with E-state index in [9.17, 15) is 28.9 Å². The predicted molar refractivity (Wildman–Crippen MR) is 83.6 cm³/mol. The summed E-state index contributed by atoms with van der Waals surface area (Å²) in [5, 5.41) is 19.8. The number of hydrogen-bond donors (Lipinski definition) is 1. The third-order valence-electron chi connectivity index (χ3n) is 4.35. The molecule has 3 rings (SSSR count). The molecule has 1 fully saturated rings. The Labute approximate surface area is 145 Å². The molecule has 1 saturated heterocycles. The van der Waals surface area contributed by atoms with Gasteiger partial charge in [-0.15, -0.1) is 0 Å². The van der Waals surface area contributed by atoms with Crippen LogP contribution in [-0.2, 0) is 14.4 Å². The van der Waals surface area contributed by atoms with Gasteiger partial charge in [0.25, 0.3) is 11.6 Å². The van der Waals surface area contributed by atoms with Crippen LogP contribution in [0.3, 0.4) is 0 Å². The molecule has 1 atom stereocenters. The fourth-order valence-corrected chi connectivity index (χ4v) is 2.87. The Kier molecular flexibility index (Phi) is 4.22. The van der Waals surface area contributed by atoms with E-state index in [0.29, 0.717) is 0 Å². The molecule has 2 heterocycles. The lowest BCUT2D eigenvalue weighted by Crippen LogP contribution is -2.47. The predicted octanol–water partition coefficient (Wildman–Crippen LogP) is 0.345. The van der Waals surface area contributed by atoms with Crippen molar-refractivity contribution in [1.29, 1.82) is 0 Å². The fraction of sp³-hybridized carbons (Fsp3) is 0.400. The average molecular weight is 367 g/mol. The maximum absolute atomic E-state index is 14.1. The number of likely N-dealkylation sites (tertiary alicyclic amines) is 1. The van der Waals surface area contributed by atoms with E-state index in [1.807, 2.05) is 0 Å². The molecule has 2 aliphatic heterocycles. The first-order chi connectivity index (χ1) is 12.2. The van der Waals surface area contributed by atoms with Crippen molar-refractivity contribution in [2.24, 2.45) is 0 Å². The molecule has 0 aromatic heterocycles. The van der Waals surface area contributed by atoms with E-state index in [-0.39, 0.29) is 36.7 Å². The highest BCUT2D eigenvalue weighted by Gasteiger charge is 2.47. The lowest BCUT2D eigenvalue weighted by atomic mass is 10.1.